The zero-order chi connectivity index (χ0) is 17.2. The van der Waals surface area contributed by atoms with Crippen LogP contribution in [0, 0.1) is 0 Å². The van der Waals surface area contributed by atoms with E-state index in [9.17, 15) is 4.79 Å². The van der Waals surface area contributed by atoms with E-state index < -0.39 is 0 Å². The summed E-state index contributed by atoms with van der Waals surface area (Å²) in [7, 11) is 0. The Hall–Kier alpha value is -2.43. The molecule has 2 unspecified atom stereocenters. The van der Waals surface area contributed by atoms with Gasteiger partial charge in [0.05, 0.1) is 6.04 Å². The number of aromatic amines is 1. The van der Waals surface area contributed by atoms with E-state index in [1.807, 2.05) is 17.2 Å². The molecule has 1 aromatic carbocycles. The van der Waals surface area contributed by atoms with Gasteiger partial charge in [-0.3, -0.25) is 0 Å². The Morgan fingerprint density at radius 3 is 3.00 bits per heavy atom. The smallest absolute Gasteiger partial charge is 0.318 e. The number of para-hydroxylation sites is 1. The maximum Gasteiger partial charge on any atom is 0.318 e. The second-order valence-electron chi connectivity index (χ2n) is 7.08. The number of rotatable bonds is 4. The van der Waals surface area contributed by atoms with Gasteiger partial charge in [0.25, 0.3) is 0 Å². The van der Waals surface area contributed by atoms with E-state index in [1.165, 1.54) is 11.3 Å². The number of urea groups is 1. The highest BCUT2D eigenvalue weighted by molar-refractivity contribution is 5.75. The predicted molar refractivity (Wildman–Crippen MR) is 99.8 cm³/mol. The van der Waals surface area contributed by atoms with Gasteiger partial charge in [0.1, 0.15) is 0 Å². The Bertz CT molecular complexity index is 727. The number of likely N-dealkylation sites (tertiary alicyclic amines) is 1. The molecule has 2 aliphatic heterocycles. The van der Waals surface area contributed by atoms with Gasteiger partial charge in [-0.05, 0) is 49.9 Å². The van der Waals surface area contributed by atoms with Crippen LogP contribution in [0.2, 0.25) is 0 Å². The molecule has 132 valence electrons. The molecular formula is C20H26N4O. The maximum absolute atomic E-state index is 12.6. The molecule has 1 aromatic heterocycles. The number of aromatic nitrogens is 1. The van der Waals surface area contributed by atoms with Gasteiger partial charge in [-0.1, -0.05) is 18.2 Å². The Balaban J connectivity index is 1.34. The highest BCUT2D eigenvalue weighted by atomic mass is 16.2. The number of H-pyrrole nitrogens is 1. The minimum absolute atomic E-state index is 0.0530. The Labute approximate surface area is 149 Å². The molecule has 0 spiro atoms. The molecule has 5 nitrogen and oxygen atoms in total. The fraction of sp³-hybridized carbons (Fsp3) is 0.450. The Morgan fingerprint density at radius 2 is 2.16 bits per heavy atom. The summed E-state index contributed by atoms with van der Waals surface area (Å²) in [5.41, 5.74) is 3.86. The summed E-state index contributed by atoms with van der Waals surface area (Å²) >= 11 is 0. The number of carbonyl (C=O) groups excluding carboxylic acids is 1. The lowest BCUT2D eigenvalue weighted by molar-refractivity contribution is 0.192. The van der Waals surface area contributed by atoms with Crippen molar-refractivity contribution in [3.63, 3.8) is 0 Å². The SMILES string of the molecule is CC1Cc2ccccc2N1CCNC(=O)N1CCCC1c1ccc[nH]1. The molecule has 2 aromatic rings. The molecule has 2 aliphatic rings. The van der Waals surface area contributed by atoms with Gasteiger partial charge in [-0.2, -0.15) is 0 Å². The molecule has 3 heterocycles. The third-order valence-corrected chi connectivity index (χ3v) is 5.47. The average Bonchev–Trinajstić information content (AvgIpc) is 3.34. The molecule has 5 heteroatoms. The van der Waals surface area contributed by atoms with Crippen molar-refractivity contribution in [3.8, 4) is 0 Å². The summed E-state index contributed by atoms with van der Waals surface area (Å²) in [5, 5.41) is 3.13. The lowest BCUT2D eigenvalue weighted by Gasteiger charge is -2.27. The van der Waals surface area contributed by atoms with Gasteiger partial charge in [-0.15, -0.1) is 0 Å². The number of hydrogen-bond donors (Lipinski definition) is 2. The van der Waals surface area contributed by atoms with Gasteiger partial charge in [0.2, 0.25) is 0 Å². The molecule has 2 amide bonds. The molecule has 2 atom stereocenters. The van der Waals surface area contributed by atoms with Crippen molar-refractivity contribution in [1.29, 1.82) is 0 Å². The zero-order valence-corrected chi connectivity index (χ0v) is 14.7. The first-order valence-corrected chi connectivity index (χ1v) is 9.26. The molecule has 0 radical (unpaired) electrons. The lowest BCUT2D eigenvalue weighted by Crippen LogP contribution is -2.43. The molecule has 0 saturated carbocycles. The molecule has 2 N–H and O–H groups in total. The van der Waals surface area contributed by atoms with E-state index in [2.05, 4.69) is 52.5 Å². The number of carbonyl (C=O) groups is 1. The fourth-order valence-electron chi connectivity index (χ4n) is 4.24. The first kappa shape index (κ1) is 16.1. The fourth-order valence-corrected chi connectivity index (χ4v) is 4.24. The number of fused-ring (bicyclic) bond motifs is 1. The third kappa shape index (κ3) is 3.11. The number of hydrogen-bond acceptors (Lipinski definition) is 2. The van der Waals surface area contributed by atoms with Crippen molar-refractivity contribution in [1.82, 2.24) is 15.2 Å². The maximum atomic E-state index is 12.6. The van der Waals surface area contributed by atoms with E-state index in [1.54, 1.807) is 0 Å². The molecule has 4 rings (SSSR count). The standard InChI is InChI=1S/C20H26N4O/c1-15-14-16-6-2-3-8-18(16)23(15)13-11-22-20(25)24-12-5-9-19(24)17-7-4-10-21-17/h2-4,6-8,10,15,19,21H,5,9,11-14H2,1H3,(H,22,25). The van der Waals surface area contributed by atoms with Crippen LogP contribution in [0.5, 0.6) is 0 Å². The minimum atomic E-state index is 0.0530. The second-order valence-corrected chi connectivity index (χ2v) is 7.08. The molecule has 1 fully saturated rings. The number of benzene rings is 1. The van der Waals surface area contributed by atoms with Gasteiger partial charge in [0.15, 0.2) is 0 Å². The minimum Gasteiger partial charge on any atom is -0.367 e. The highest BCUT2D eigenvalue weighted by Gasteiger charge is 2.31. The molecule has 0 bridgehead atoms. The van der Waals surface area contributed by atoms with E-state index in [4.69, 9.17) is 0 Å². The topological polar surface area (TPSA) is 51.4 Å². The summed E-state index contributed by atoms with van der Waals surface area (Å²) in [6.07, 6.45) is 5.11. The predicted octanol–water partition coefficient (Wildman–Crippen LogP) is 3.31. The number of nitrogens with one attached hydrogen (secondary N) is 2. The normalized spacial score (nSPS) is 22.3. The van der Waals surface area contributed by atoms with E-state index >= 15 is 0 Å². The summed E-state index contributed by atoms with van der Waals surface area (Å²) in [5.74, 6) is 0. The number of amides is 2. The molecule has 25 heavy (non-hydrogen) atoms. The van der Waals surface area contributed by atoms with Crippen molar-refractivity contribution in [2.75, 3.05) is 24.5 Å². The Morgan fingerprint density at radius 1 is 1.28 bits per heavy atom. The molecule has 1 saturated heterocycles. The summed E-state index contributed by atoms with van der Waals surface area (Å²) in [6.45, 7) is 4.61. The van der Waals surface area contributed by atoms with Crippen LogP contribution in [0.25, 0.3) is 0 Å². The molecular weight excluding hydrogens is 312 g/mol. The zero-order valence-electron chi connectivity index (χ0n) is 14.7. The van der Waals surface area contributed by atoms with Crippen LogP contribution in [0.4, 0.5) is 10.5 Å². The van der Waals surface area contributed by atoms with Gasteiger partial charge in [-0.25, -0.2) is 4.79 Å². The monoisotopic (exact) mass is 338 g/mol. The first-order valence-electron chi connectivity index (χ1n) is 9.26. The number of nitrogens with zero attached hydrogens (tertiary/aromatic N) is 2. The summed E-state index contributed by atoms with van der Waals surface area (Å²) in [4.78, 5) is 20.3. The summed E-state index contributed by atoms with van der Waals surface area (Å²) in [6, 6.07) is 13.4. The quantitative estimate of drug-likeness (QED) is 0.898. The third-order valence-electron chi connectivity index (χ3n) is 5.47. The van der Waals surface area contributed by atoms with Crippen LogP contribution < -0.4 is 10.2 Å². The van der Waals surface area contributed by atoms with Gasteiger partial charge in [0, 0.05) is 43.3 Å². The van der Waals surface area contributed by atoms with Crippen LogP contribution in [-0.2, 0) is 6.42 Å². The summed E-state index contributed by atoms with van der Waals surface area (Å²) < 4.78 is 0. The lowest BCUT2D eigenvalue weighted by atomic mass is 10.1. The largest absolute Gasteiger partial charge is 0.367 e. The Kier molecular flexibility index (Phi) is 4.38. The van der Waals surface area contributed by atoms with E-state index in [-0.39, 0.29) is 12.1 Å². The van der Waals surface area contributed by atoms with E-state index in [0.717, 1.165) is 38.0 Å². The highest BCUT2D eigenvalue weighted by Crippen LogP contribution is 2.32. The van der Waals surface area contributed by atoms with Crippen molar-refractivity contribution in [2.45, 2.75) is 38.3 Å². The van der Waals surface area contributed by atoms with Crippen molar-refractivity contribution in [3.05, 3.63) is 53.9 Å². The van der Waals surface area contributed by atoms with Crippen LogP contribution >= 0.6 is 0 Å². The number of anilines is 1. The van der Waals surface area contributed by atoms with Crippen LogP contribution in [0.3, 0.4) is 0 Å². The van der Waals surface area contributed by atoms with Crippen molar-refractivity contribution >= 4 is 11.7 Å². The van der Waals surface area contributed by atoms with Crippen LogP contribution in [0.1, 0.15) is 37.1 Å². The van der Waals surface area contributed by atoms with Gasteiger partial charge < -0.3 is 20.1 Å². The first-order chi connectivity index (χ1) is 12.2. The van der Waals surface area contributed by atoms with Crippen LogP contribution in [0.15, 0.2) is 42.6 Å². The second kappa shape index (κ2) is 6.82. The van der Waals surface area contributed by atoms with Gasteiger partial charge >= 0.3 is 6.03 Å². The van der Waals surface area contributed by atoms with E-state index in [0.29, 0.717) is 12.6 Å². The van der Waals surface area contributed by atoms with Crippen molar-refractivity contribution < 1.29 is 4.79 Å². The average molecular weight is 338 g/mol. The van der Waals surface area contributed by atoms with Crippen molar-refractivity contribution in [2.24, 2.45) is 0 Å². The molecule has 0 aliphatic carbocycles. The van der Waals surface area contributed by atoms with Crippen LogP contribution in [-0.4, -0.2) is 41.6 Å².